The average Bonchev–Trinajstić information content (AvgIpc) is 3.06. The number of carbonyl (C=O) groups excluding carboxylic acids is 1. The molecule has 5 nitrogen and oxygen atoms in total. The van der Waals surface area contributed by atoms with Crippen LogP contribution in [0.1, 0.15) is 54.6 Å². The third-order valence-electron chi connectivity index (χ3n) is 6.49. The molecule has 1 aliphatic rings. The highest BCUT2D eigenvalue weighted by atomic mass is 35.5. The normalized spacial score (nSPS) is 16.4. The van der Waals surface area contributed by atoms with Crippen molar-refractivity contribution >= 4 is 34.4 Å². The standard InChI is InChI=1S/C26H28ClFN2O3/c1-3-22(26(32)33)30-23-9-8-18(14-19(23)20-12-17(28)13-21(27)25(20)30)29-24(31)10-7-16-6-4-5-15(2)11-16/h4-6,11-13,18,22H,3,7-10,14H2,1-2H3,(H,29,31)(H,32,33)/t18-,22?/m0/s1. The molecule has 1 unspecified atom stereocenters. The Morgan fingerprint density at radius 3 is 2.79 bits per heavy atom. The van der Waals surface area contributed by atoms with E-state index >= 15 is 0 Å². The van der Waals surface area contributed by atoms with Crippen LogP contribution >= 0.6 is 11.6 Å². The van der Waals surface area contributed by atoms with Gasteiger partial charge < -0.3 is 15.0 Å². The number of fused-ring (bicyclic) bond motifs is 3. The van der Waals surface area contributed by atoms with Crippen LogP contribution in [0.15, 0.2) is 36.4 Å². The van der Waals surface area contributed by atoms with Gasteiger partial charge in [-0.2, -0.15) is 0 Å². The van der Waals surface area contributed by atoms with E-state index in [1.54, 1.807) is 4.57 Å². The summed E-state index contributed by atoms with van der Waals surface area (Å²) in [4.78, 5) is 24.6. The van der Waals surface area contributed by atoms with Gasteiger partial charge in [-0.05, 0) is 62.3 Å². The Labute approximate surface area is 197 Å². The molecule has 2 aromatic carbocycles. The fourth-order valence-electron chi connectivity index (χ4n) is 5.00. The van der Waals surface area contributed by atoms with E-state index in [0.29, 0.717) is 49.4 Å². The minimum Gasteiger partial charge on any atom is -0.480 e. The van der Waals surface area contributed by atoms with Crippen LogP contribution < -0.4 is 5.32 Å². The summed E-state index contributed by atoms with van der Waals surface area (Å²) in [5.41, 5.74) is 4.60. The fraction of sp³-hybridized carbons (Fsp3) is 0.385. The molecule has 1 heterocycles. The second-order valence-electron chi connectivity index (χ2n) is 8.84. The van der Waals surface area contributed by atoms with Crippen LogP contribution in [-0.4, -0.2) is 27.6 Å². The topological polar surface area (TPSA) is 71.3 Å². The van der Waals surface area contributed by atoms with Gasteiger partial charge in [0.05, 0.1) is 10.5 Å². The average molecular weight is 471 g/mol. The monoisotopic (exact) mass is 470 g/mol. The molecule has 2 N–H and O–H groups in total. The van der Waals surface area contributed by atoms with E-state index in [2.05, 4.69) is 11.4 Å². The molecule has 3 aromatic rings. The Morgan fingerprint density at radius 2 is 2.09 bits per heavy atom. The first-order chi connectivity index (χ1) is 15.8. The van der Waals surface area contributed by atoms with Crippen molar-refractivity contribution in [2.24, 2.45) is 0 Å². The number of halogens is 2. The third kappa shape index (κ3) is 4.76. The summed E-state index contributed by atoms with van der Waals surface area (Å²) in [7, 11) is 0. The van der Waals surface area contributed by atoms with Gasteiger partial charge in [0, 0.05) is 23.5 Å². The lowest BCUT2D eigenvalue weighted by Gasteiger charge is -2.26. The van der Waals surface area contributed by atoms with Gasteiger partial charge in [0.15, 0.2) is 0 Å². The zero-order valence-electron chi connectivity index (χ0n) is 18.8. The van der Waals surface area contributed by atoms with Gasteiger partial charge in [-0.15, -0.1) is 0 Å². The van der Waals surface area contributed by atoms with E-state index in [-0.39, 0.29) is 17.0 Å². The van der Waals surface area contributed by atoms with Crippen LogP contribution in [0.2, 0.25) is 5.02 Å². The van der Waals surface area contributed by atoms with Gasteiger partial charge in [-0.3, -0.25) is 4.79 Å². The molecule has 33 heavy (non-hydrogen) atoms. The molecule has 0 saturated heterocycles. The van der Waals surface area contributed by atoms with Crippen molar-refractivity contribution in [1.82, 2.24) is 9.88 Å². The van der Waals surface area contributed by atoms with E-state index in [1.165, 1.54) is 17.7 Å². The van der Waals surface area contributed by atoms with Crippen molar-refractivity contribution in [3.8, 4) is 0 Å². The van der Waals surface area contributed by atoms with Gasteiger partial charge in [0.25, 0.3) is 0 Å². The first kappa shape index (κ1) is 23.3. The highest BCUT2D eigenvalue weighted by molar-refractivity contribution is 6.35. The van der Waals surface area contributed by atoms with Gasteiger partial charge in [0.1, 0.15) is 11.9 Å². The summed E-state index contributed by atoms with van der Waals surface area (Å²) >= 11 is 6.40. The fourth-order valence-corrected chi connectivity index (χ4v) is 5.29. The van der Waals surface area contributed by atoms with Crippen LogP contribution in [0.3, 0.4) is 0 Å². The number of carboxylic acid groups (broad SMARTS) is 1. The van der Waals surface area contributed by atoms with Gasteiger partial charge >= 0.3 is 5.97 Å². The molecule has 4 rings (SSSR count). The zero-order chi connectivity index (χ0) is 23.7. The summed E-state index contributed by atoms with van der Waals surface area (Å²) in [5, 5.41) is 13.8. The van der Waals surface area contributed by atoms with E-state index in [1.807, 2.05) is 32.0 Å². The van der Waals surface area contributed by atoms with E-state index < -0.39 is 17.8 Å². The Bertz CT molecular complexity index is 1220. The number of hydrogen-bond acceptors (Lipinski definition) is 2. The van der Waals surface area contributed by atoms with Crippen LogP contribution in [0.5, 0.6) is 0 Å². The summed E-state index contributed by atoms with van der Waals surface area (Å²) < 4.78 is 16.0. The Kier molecular flexibility index (Phi) is 6.75. The predicted octanol–water partition coefficient (Wildman–Crippen LogP) is 5.38. The largest absolute Gasteiger partial charge is 0.480 e. The molecule has 0 saturated carbocycles. The molecule has 0 radical (unpaired) electrons. The van der Waals surface area contributed by atoms with Crippen LogP contribution in [-0.2, 0) is 28.9 Å². The van der Waals surface area contributed by atoms with Gasteiger partial charge in [-0.25, -0.2) is 9.18 Å². The highest BCUT2D eigenvalue weighted by Gasteiger charge is 2.32. The molecule has 1 amide bonds. The number of rotatable bonds is 7. The number of nitrogens with one attached hydrogen (secondary N) is 1. The molecular weight excluding hydrogens is 443 g/mol. The van der Waals surface area contributed by atoms with Crippen LogP contribution in [0.25, 0.3) is 10.9 Å². The number of carbonyl (C=O) groups is 2. The predicted molar refractivity (Wildman–Crippen MR) is 127 cm³/mol. The second-order valence-corrected chi connectivity index (χ2v) is 9.24. The third-order valence-corrected chi connectivity index (χ3v) is 6.77. The number of aryl methyl sites for hydroxylation is 2. The van der Waals surface area contributed by atoms with Crippen LogP contribution in [0, 0.1) is 12.7 Å². The quantitative estimate of drug-likeness (QED) is 0.486. The first-order valence-corrected chi connectivity index (χ1v) is 11.7. The molecule has 1 aromatic heterocycles. The van der Waals surface area contributed by atoms with Crippen molar-refractivity contribution < 1.29 is 19.1 Å². The summed E-state index contributed by atoms with van der Waals surface area (Å²) in [6.45, 7) is 3.84. The second kappa shape index (κ2) is 9.56. The number of aromatic nitrogens is 1. The lowest BCUT2D eigenvalue weighted by atomic mass is 9.91. The molecule has 7 heteroatoms. The number of amides is 1. The maximum atomic E-state index is 14.2. The van der Waals surface area contributed by atoms with Crippen LogP contribution in [0.4, 0.5) is 4.39 Å². The molecule has 0 fully saturated rings. The first-order valence-electron chi connectivity index (χ1n) is 11.4. The highest BCUT2D eigenvalue weighted by Crippen LogP contribution is 2.39. The van der Waals surface area contributed by atoms with Gasteiger partial charge in [-0.1, -0.05) is 48.4 Å². The molecular formula is C26H28ClFN2O3. The molecule has 0 bridgehead atoms. The van der Waals surface area contributed by atoms with Gasteiger partial charge in [0.2, 0.25) is 5.91 Å². The van der Waals surface area contributed by atoms with E-state index in [0.717, 1.165) is 16.8 Å². The Morgan fingerprint density at radius 1 is 1.30 bits per heavy atom. The summed E-state index contributed by atoms with van der Waals surface area (Å²) in [6, 6.07) is 9.91. The Balaban J connectivity index is 1.58. The Hall–Kier alpha value is -2.86. The van der Waals surface area contributed by atoms with E-state index in [4.69, 9.17) is 11.6 Å². The molecule has 1 aliphatic carbocycles. The lowest BCUT2D eigenvalue weighted by Crippen LogP contribution is -2.39. The van der Waals surface area contributed by atoms with E-state index in [9.17, 15) is 19.1 Å². The zero-order valence-corrected chi connectivity index (χ0v) is 19.6. The van der Waals surface area contributed by atoms with Crippen molar-refractivity contribution in [3.63, 3.8) is 0 Å². The molecule has 174 valence electrons. The summed E-state index contributed by atoms with van der Waals surface area (Å²) in [5.74, 6) is -1.42. The van der Waals surface area contributed by atoms with Crippen molar-refractivity contribution in [2.75, 3.05) is 0 Å². The number of nitrogens with zero attached hydrogens (tertiary/aromatic N) is 1. The molecule has 2 atom stereocenters. The minimum atomic E-state index is -0.941. The van der Waals surface area contributed by atoms with Crippen molar-refractivity contribution in [1.29, 1.82) is 0 Å². The SMILES string of the molecule is CCC(C(=O)O)n1c2c(c3cc(F)cc(Cl)c31)C[C@@H](NC(=O)CCc1cccc(C)c1)CC2. The smallest absolute Gasteiger partial charge is 0.326 e. The minimum absolute atomic E-state index is 0.0186. The molecule has 0 aliphatic heterocycles. The number of carboxylic acids is 1. The number of hydrogen-bond donors (Lipinski definition) is 2. The number of benzene rings is 2. The number of aliphatic carboxylic acids is 1. The van der Waals surface area contributed by atoms with Crippen molar-refractivity contribution in [2.45, 2.75) is 64.5 Å². The maximum absolute atomic E-state index is 14.2. The maximum Gasteiger partial charge on any atom is 0.326 e. The molecule has 0 spiro atoms. The summed E-state index contributed by atoms with van der Waals surface area (Å²) in [6.07, 6.45) is 3.25. The lowest BCUT2D eigenvalue weighted by molar-refractivity contribution is -0.141. The van der Waals surface area contributed by atoms with Crippen molar-refractivity contribution in [3.05, 3.63) is 69.6 Å².